The van der Waals surface area contributed by atoms with E-state index in [0.717, 1.165) is 30.5 Å². The van der Waals surface area contributed by atoms with Crippen LogP contribution in [0.2, 0.25) is 0 Å². The van der Waals surface area contributed by atoms with Crippen molar-refractivity contribution in [1.29, 1.82) is 5.41 Å². The molecule has 0 bridgehead atoms. The number of rotatable bonds is 7. The van der Waals surface area contributed by atoms with Crippen molar-refractivity contribution in [1.82, 2.24) is 5.32 Å². The number of hydrogen-bond acceptors (Lipinski definition) is 6. The van der Waals surface area contributed by atoms with Gasteiger partial charge >= 0.3 is 12.1 Å². The molecule has 0 saturated heterocycles. The van der Waals surface area contributed by atoms with Crippen LogP contribution in [0.5, 0.6) is 0 Å². The summed E-state index contributed by atoms with van der Waals surface area (Å²) in [5, 5.41) is 10.6. The number of carbonyl (C=O) groups is 2. The largest absolute Gasteiger partial charge is 0.469 e. The van der Waals surface area contributed by atoms with Gasteiger partial charge in [-0.1, -0.05) is 30.3 Å². The molecular weight excluding hydrogens is 334 g/mol. The topological polar surface area (TPSA) is 101 Å². The molecule has 7 nitrogen and oxygen atoms in total. The molecular formula is C19H25N3O4. The average molecular weight is 359 g/mol. The summed E-state index contributed by atoms with van der Waals surface area (Å²) in [6, 6.07) is 9.24. The van der Waals surface area contributed by atoms with Gasteiger partial charge in [-0.15, -0.1) is 0 Å². The standard InChI is InChI=1S/C19H25N3O4/c1-25-18(23)10-11-21-16-8-5-9-17(15(16)12-20)22-19(24)26-13-14-6-3-2-4-7-14/h2-4,6-7,12,15,17,20H,5,8-11,13H2,1H3,(H,22,24). The molecule has 0 radical (unpaired) electrons. The molecule has 0 heterocycles. The first kappa shape index (κ1) is 19.6. The Hall–Kier alpha value is -2.70. The van der Waals surface area contributed by atoms with Gasteiger partial charge in [0.15, 0.2) is 0 Å². The molecule has 26 heavy (non-hydrogen) atoms. The SMILES string of the molecule is COC(=O)CCN=C1CCCC(NC(=O)OCc2ccccc2)C1C=N. The number of carbonyl (C=O) groups excluding carboxylic acids is 2. The quantitative estimate of drug-likeness (QED) is 0.577. The number of alkyl carbamates (subject to hydrolysis) is 1. The van der Waals surface area contributed by atoms with Crippen LogP contribution < -0.4 is 5.32 Å². The van der Waals surface area contributed by atoms with E-state index in [-0.39, 0.29) is 31.0 Å². The summed E-state index contributed by atoms with van der Waals surface area (Å²) in [4.78, 5) is 27.7. The molecule has 1 aliphatic carbocycles. The number of nitrogens with one attached hydrogen (secondary N) is 2. The zero-order chi connectivity index (χ0) is 18.8. The molecule has 0 aliphatic heterocycles. The van der Waals surface area contributed by atoms with Crippen molar-refractivity contribution in [3.8, 4) is 0 Å². The van der Waals surface area contributed by atoms with Crippen molar-refractivity contribution in [3.05, 3.63) is 35.9 Å². The fourth-order valence-corrected chi connectivity index (χ4v) is 2.95. The summed E-state index contributed by atoms with van der Waals surface area (Å²) < 4.78 is 9.86. The van der Waals surface area contributed by atoms with Crippen molar-refractivity contribution in [3.63, 3.8) is 0 Å². The molecule has 1 aliphatic rings. The molecule has 1 fully saturated rings. The Morgan fingerprint density at radius 2 is 2.12 bits per heavy atom. The Morgan fingerprint density at radius 1 is 1.35 bits per heavy atom. The summed E-state index contributed by atoms with van der Waals surface area (Å²) in [6.45, 7) is 0.534. The number of esters is 1. The lowest BCUT2D eigenvalue weighted by Crippen LogP contribution is -2.46. The molecule has 2 rings (SSSR count). The third-order valence-electron chi connectivity index (χ3n) is 4.32. The Balaban J connectivity index is 1.88. The number of nitrogens with zero attached hydrogens (tertiary/aromatic N) is 1. The van der Waals surface area contributed by atoms with Gasteiger partial charge in [-0.25, -0.2) is 4.79 Å². The van der Waals surface area contributed by atoms with Crippen LogP contribution in [-0.4, -0.2) is 43.7 Å². The van der Waals surface area contributed by atoms with Gasteiger partial charge in [-0.05, 0) is 24.8 Å². The molecule has 0 spiro atoms. The van der Waals surface area contributed by atoms with Crippen molar-refractivity contribution in [2.45, 2.75) is 38.3 Å². The fraction of sp³-hybridized carbons (Fsp3) is 0.474. The van der Waals surface area contributed by atoms with Crippen LogP contribution in [0.25, 0.3) is 0 Å². The third kappa shape index (κ3) is 5.98. The fourth-order valence-electron chi connectivity index (χ4n) is 2.95. The lowest BCUT2D eigenvalue weighted by Gasteiger charge is -2.30. The maximum absolute atomic E-state index is 12.1. The predicted octanol–water partition coefficient (Wildman–Crippen LogP) is 2.74. The molecule has 1 aromatic rings. The van der Waals surface area contributed by atoms with Gasteiger partial charge in [-0.2, -0.15) is 0 Å². The lowest BCUT2D eigenvalue weighted by molar-refractivity contribution is -0.140. The van der Waals surface area contributed by atoms with E-state index in [0.29, 0.717) is 6.54 Å². The molecule has 2 atom stereocenters. The highest BCUT2D eigenvalue weighted by Gasteiger charge is 2.30. The Labute approximate surface area is 153 Å². The smallest absolute Gasteiger partial charge is 0.407 e. The molecule has 0 aromatic heterocycles. The van der Waals surface area contributed by atoms with E-state index in [9.17, 15) is 9.59 Å². The van der Waals surface area contributed by atoms with Crippen LogP contribution in [0, 0.1) is 11.3 Å². The number of hydrogen-bond donors (Lipinski definition) is 2. The first-order valence-electron chi connectivity index (χ1n) is 8.72. The minimum Gasteiger partial charge on any atom is -0.469 e. The molecule has 1 saturated carbocycles. The van der Waals surface area contributed by atoms with Gasteiger partial charge in [0.2, 0.25) is 0 Å². The van der Waals surface area contributed by atoms with E-state index in [1.165, 1.54) is 13.3 Å². The predicted molar refractivity (Wildman–Crippen MR) is 98.6 cm³/mol. The second-order valence-corrected chi connectivity index (χ2v) is 6.10. The van der Waals surface area contributed by atoms with Crippen LogP contribution in [0.1, 0.15) is 31.2 Å². The Bertz CT molecular complexity index is 645. The number of ether oxygens (including phenoxy) is 2. The lowest BCUT2D eigenvalue weighted by atomic mass is 9.83. The highest BCUT2D eigenvalue weighted by Crippen LogP contribution is 2.22. The van der Waals surface area contributed by atoms with Crippen molar-refractivity contribution in [2.75, 3.05) is 13.7 Å². The monoisotopic (exact) mass is 359 g/mol. The van der Waals surface area contributed by atoms with Crippen LogP contribution in [0.3, 0.4) is 0 Å². The first-order valence-corrected chi connectivity index (χ1v) is 8.72. The maximum atomic E-state index is 12.1. The van der Waals surface area contributed by atoms with E-state index < -0.39 is 6.09 Å². The van der Waals surface area contributed by atoms with Gasteiger partial charge in [0.1, 0.15) is 6.61 Å². The van der Waals surface area contributed by atoms with E-state index in [2.05, 4.69) is 15.0 Å². The van der Waals surface area contributed by atoms with E-state index >= 15 is 0 Å². The molecule has 2 unspecified atom stereocenters. The van der Waals surface area contributed by atoms with Crippen LogP contribution in [0.4, 0.5) is 4.79 Å². The summed E-state index contributed by atoms with van der Waals surface area (Å²) in [5.74, 6) is -0.582. The van der Waals surface area contributed by atoms with Crippen LogP contribution >= 0.6 is 0 Å². The van der Waals surface area contributed by atoms with Crippen LogP contribution in [-0.2, 0) is 20.9 Å². The summed E-state index contributed by atoms with van der Waals surface area (Å²) in [5.41, 5.74) is 1.75. The minimum absolute atomic E-state index is 0.203. The second-order valence-electron chi connectivity index (χ2n) is 6.10. The van der Waals surface area contributed by atoms with E-state index in [4.69, 9.17) is 10.1 Å². The van der Waals surface area contributed by atoms with Crippen molar-refractivity contribution >= 4 is 24.0 Å². The average Bonchev–Trinajstić information content (AvgIpc) is 2.67. The maximum Gasteiger partial charge on any atom is 0.407 e. The highest BCUT2D eigenvalue weighted by atomic mass is 16.5. The van der Waals surface area contributed by atoms with Gasteiger partial charge < -0.3 is 20.2 Å². The first-order chi connectivity index (χ1) is 12.6. The highest BCUT2D eigenvalue weighted by molar-refractivity contribution is 5.99. The summed E-state index contributed by atoms with van der Waals surface area (Å²) >= 11 is 0. The summed E-state index contributed by atoms with van der Waals surface area (Å²) in [7, 11) is 1.34. The van der Waals surface area contributed by atoms with Gasteiger partial charge in [0, 0.05) is 24.5 Å². The summed E-state index contributed by atoms with van der Waals surface area (Å²) in [6.07, 6.45) is 3.40. The Kier molecular flexibility index (Phi) is 7.79. The molecule has 140 valence electrons. The number of amides is 1. The zero-order valence-electron chi connectivity index (χ0n) is 14.9. The van der Waals surface area contributed by atoms with Gasteiger partial charge in [0.25, 0.3) is 0 Å². The normalized spacial score (nSPS) is 21.0. The second kappa shape index (κ2) is 10.3. The number of aliphatic imine (C=N–C) groups is 1. The number of methoxy groups -OCH3 is 1. The van der Waals surface area contributed by atoms with Gasteiger partial charge in [-0.3, -0.25) is 9.79 Å². The zero-order valence-corrected chi connectivity index (χ0v) is 14.9. The molecule has 1 aromatic carbocycles. The molecule has 1 amide bonds. The van der Waals surface area contributed by atoms with Crippen molar-refractivity contribution in [2.24, 2.45) is 10.9 Å². The Morgan fingerprint density at radius 3 is 2.81 bits per heavy atom. The van der Waals surface area contributed by atoms with Gasteiger partial charge in [0.05, 0.1) is 19.4 Å². The molecule has 2 N–H and O–H groups in total. The van der Waals surface area contributed by atoms with E-state index in [1.807, 2.05) is 30.3 Å². The van der Waals surface area contributed by atoms with E-state index in [1.54, 1.807) is 0 Å². The van der Waals surface area contributed by atoms with Crippen molar-refractivity contribution < 1.29 is 19.1 Å². The molecule has 7 heteroatoms. The number of benzene rings is 1. The minimum atomic E-state index is -0.499. The third-order valence-corrected chi connectivity index (χ3v) is 4.32. The van der Waals surface area contributed by atoms with Crippen LogP contribution in [0.15, 0.2) is 35.3 Å².